The number of nitrogen functional groups attached to an aromatic ring is 1. The van der Waals surface area contributed by atoms with E-state index in [0.29, 0.717) is 13.4 Å². The first-order valence-corrected chi connectivity index (χ1v) is 7.17. The zero-order valence-electron chi connectivity index (χ0n) is 11.4. The number of ether oxygens (including phenoxy) is 2. The average molecular weight is 262 g/mol. The molecule has 2 N–H and O–H groups in total. The molecule has 1 aromatic carbocycles. The number of anilines is 1. The van der Waals surface area contributed by atoms with Gasteiger partial charge in [-0.2, -0.15) is 0 Å². The van der Waals surface area contributed by atoms with Crippen molar-refractivity contribution in [2.24, 2.45) is 0 Å². The summed E-state index contributed by atoms with van der Waals surface area (Å²) in [5, 5.41) is 0. The van der Waals surface area contributed by atoms with Gasteiger partial charge in [-0.1, -0.05) is 12.8 Å². The lowest BCUT2D eigenvalue weighted by Crippen LogP contribution is -2.25. The molecule has 1 aromatic rings. The minimum Gasteiger partial charge on any atom is -0.467 e. The number of likely N-dealkylation sites (tertiary alicyclic amines) is 1. The largest absolute Gasteiger partial charge is 0.467 e. The second-order valence-electron chi connectivity index (χ2n) is 5.47. The maximum absolute atomic E-state index is 5.99. The zero-order chi connectivity index (χ0) is 13.1. The molecule has 0 bridgehead atoms. The third kappa shape index (κ3) is 3.01. The molecular weight excluding hydrogens is 240 g/mol. The lowest BCUT2D eigenvalue weighted by Gasteiger charge is -2.25. The molecule has 0 aromatic heterocycles. The molecule has 4 nitrogen and oxygen atoms in total. The van der Waals surface area contributed by atoms with Crippen molar-refractivity contribution in [3.05, 3.63) is 23.3 Å². The SMILES string of the molecule is Nc1cc2c(c(CN3CCCCCC3)c1)OCOC2. The number of nitrogens with zero attached hydrogens (tertiary/aromatic N) is 1. The Kier molecular flexibility index (Phi) is 3.89. The van der Waals surface area contributed by atoms with Gasteiger partial charge in [0, 0.05) is 23.4 Å². The van der Waals surface area contributed by atoms with E-state index in [1.54, 1.807) is 0 Å². The van der Waals surface area contributed by atoms with Crippen LogP contribution in [0.1, 0.15) is 36.8 Å². The number of hydrogen-bond acceptors (Lipinski definition) is 4. The van der Waals surface area contributed by atoms with E-state index in [1.807, 2.05) is 6.07 Å². The van der Waals surface area contributed by atoms with Gasteiger partial charge in [-0.15, -0.1) is 0 Å². The van der Waals surface area contributed by atoms with Crippen LogP contribution in [0.2, 0.25) is 0 Å². The molecule has 0 atom stereocenters. The van der Waals surface area contributed by atoms with E-state index in [2.05, 4.69) is 11.0 Å². The van der Waals surface area contributed by atoms with Gasteiger partial charge in [0.25, 0.3) is 0 Å². The van der Waals surface area contributed by atoms with E-state index in [0.717, 1.165) is 23.5 Å². The van der Waals surface area contributed by atoms with Crippen LogP contribution < -0.4 is 10.5 Å². The molecule has 19 heavy (non-hydrogen) atoms. The molecule has 104 valence electrons. The Labute approximate surface area is 114 Å². The first-order valence-electron chi connectivity index (χ1n) is 7.17. The van der Waals surface area contributed by atoms with Gasteiger partial charge in [-0.25, -0.2) is 0 Å². The van der Waals surface area contributed by atoms with E-state index in [9.17, 15) is 0 Å². The van der Waals surface area contributed by atoms with Gasteiger partial charge in [0.2, 0.25) is 0 Å². The molecule has 1 fully saturated rings. The molecule has 2 aliphatic heterocycles. The summed E-state index contributed by atoms with van der Waals surface area (Å²) < 4.78 is 11.0. The molecule has 2 aliphatic rings. The minimum absolute atomic E-state index is 0.351. The summed E-state index contributed by atoms with van der Waals surface area (Å²) in [5.41, 5.74) is 9.08. The smallest absolute Gasteiger partial charge is 0.189 e. The predicted octanol–water partition coefficient (Wildman–Crippen LogP) is 2.51. The maximum Gasteiger partial charge on any atom is 0.189 e. The van der Waals surface area contributed by atoms with Crippen LogP contribution in [0, 0.1) is 0 Å². The third-order valence-electron chi connectivity index (χ3n) is 3.90. The van der Waals surface area contributed by atoms with Gasteiger partial charge in [-0.05, 0) is 38.1 Å². The number of nitrogens with two attached hydrogens (primary N) is 1. The first-order chi connectivity index (χ1) is 9.33. The van der Waals surface area contributed by atoms with Crippen LogP contribution in [0.4, 0.5) is 5.69 Å². The fourth-order valence-corrected chi connectivity index (χ4v) is 2.98. The van der Waals surface area contributed by atoms with Crippen molar-refractivity contribution >= 4 is 5.69 Å². The first kappa shape index (κ1) is 12.8. The maximum atomic E-state index is 5.99. The van der Waals surface area contributed by atoms with Crippen molar-refractivity contribution in [2.75, 3.05) is 25.6 Å². The monoisotopic (exact) mass is 262 g/mol. The molecule has 0 aliphatic carbocycles. The summed E-state index contributed by atoms with van der Waals surface area (Å²) in [6.07, 6.45) is 5.31. The van der Waals surface area contributed by atoms with Crippen LogP contribution in [-0.2, 0) is 17.9 Å². The van der Waals surface area contributed by atoms with Crippen molar-refractivity contribution in [1.29, 1.82) is 0 Å². The molecule has 3 rings (SSSR count). The number of rotatable bonds is 2. The van der Waals surface area contributed by atoms with E-state index in [-0.39, 0.29) is 0 Å². The quantitative estimate of drug-likeness (QED) is 0.832. The highest BCUT2D eigenvalue weighted by molar-refractivity contribution is 5.53. The molecule has 1 saturated heterocycles. The van der Waals surface area contributed by atoms with Gasteiger partial charge >= 0.3 is 0 Å². The Balaban J connectivity index is 1.81. The summed E-state index contributed by atoms with van der Waals surface area (Å²) in [6.45, 7) is 4.25. The van der Waals surface area contributed by atoms with Crippen LogP contribution in [0.15, 0.2) is 12.1 Å². The van der Waals surface area contributed by atoms with Gasteiger partial charge in [0.05, 0.1) is 6.61 Å². The summed E-state index contributed by atoms with van der Waals surface area (Å²) in [4.78, 5) is 2.51. The van der Waals surface area contributed by atoms with Crippen molar-refractivity contribution in [3.8, 4) is 5.75 Å². The molecule has 0 spiro atoms. The van der Waals surface area contributed by atoms with Crippen molar-refractivity contribution in [2.45, 2.75) is 38.8 Å². The van der Waals surface area contributed by atoms with Crippen LogP contribution >= 0.6 is 0 Å². The number of hydrogen-bond donors (Lipinski definition) is 1. The van der Waals surface area contributed by atoms with Crippen molar-refractivity contribution in [3.63, 3.8) is 0 Å². The summed E-state index contributed by atoms with van der Waals surface area (Å²) >= 11 is 0. The fourth-order valence-electron chi connectivity index (χ4n) is 2.98. The van der Waals surface area contributed by atoms with Crippen LogP contribution in [0.5, 0.6) is 5.75 Å². The molecule has 0 radical (unpaired) electrons. The Bertz CT molecular complexity index is 440. The van der Waals surface area contributed by atoms with Gasteiger partial charge in [-0.3, -0.25) is 4.90 Å². The van der Waals surface area contributed by atoms with Crippen molar-refractivity contribution < 1.29 is 9.47 Å². The van der Waals surface area contributed by atoms with Gasteiger partial charge in [0.15, 0.2) is 6.79 Å². The number of fused-ring (bicyclic) bond motifs is 1. The standard InChI is InChI=1S/C15H22N2O2/c16-14-7-12(9-17-5-3-1-2-4-6-17)15-13(8-14)10-18-11-19-15/h7-8H,1-6,9-11,16H2. The Hall–Kier alpha value is -1.26. The lowest BCUT2D eigenvalue weighted by molar-refractivity contribution is -0.0174. The van der Waals surface area contributed by atoms with Gasteiger partial charge in [0.1, 0.15) is 5.75 Å². The van der Waals surface area contributed by atoms with E-state index >= 15 is 0 Å². The van der Waals surface area contributed by atoms with Crippen molar-refractivity contribution in [1.82, 2.24) is 4.90 Å². The molecule has 0 saturated carbocycles. The third-order valence-corrected chi connectivity index (χ3v) is 3.90. The predicted molar refractivity (Wildman–Crippen MR) is 74.9 cm³/mol. The lowest BCUT2D eigenvalue weighted by atomic mass is 10.1. The van der Waals surface area contributed by atoms with Crippen LogP contribution in [0.3, 0.4) is 0 Å². The minimum atomic E-state index is 0.351. The summed E-state index contributed by atoms with van der Waals surface area (Å²) in [5.74, 6) is 0.990. The second kappa shape index (κ2) is 5.80. The molecule has 4 heteroatoms. The molecular formula is C15H22N2O2. The summed E-state index contributed by atoms with van der Waals surface area (Å²) in [7, 11) is 0. The zero-order valence-corrected chi connectivity index (χ0v) is 11.4. The highest BCUT2D eigenvalue weighted by Crippen LogP contribution is 2.32. The molecule has 2 heterocycles. The van der Waals surface area contributed by atoms with Gasteiger partial charge < -0.3 is 15.2 Å². The van der Waals surface area contributed by atoms with Crippen LogP contribution in [0.25, 0.3) is 0 Å². The topological polar surface area (TPSA) is 47.7 Å². The Morgan fingerprint density at radius 2 is 1.89 bits per heavy atom. The highest BCUT2D eigenvalue weighted by atomic mass is 16.7. The normalized spacial score (nSPS) is 20.4. The molecule has 0 unspecified atom stereocenters. The van der Waals surface area contributed by atoms with E-state index in [1.165, 1.54) is 44.3 Å². The Morgan fingerprint density at radius 3 is 2.68 bits per heavy atom. The Morgan fingerprint density at radius 1 is 1.11 bits per heavy atom. The van der Waals surface area contributed by atoms with E-state index < -0.39 is 0 Å². The average Bonchev–Trinajstić information content (AvgIpc) is 2.67. The highest BCUT2D eigenvalue weighted by Gasteiger charge is 2.18. The van der Waals surface area contributed by atoms with E-state index in [4.69, 9.17) is 15.2 Å². The molecule has 0 amide bonds. The fraction of sp³-hybridized carbons (Fsp3) is 0.600. The number of benzene rings is 1. The second-order valence-corrected chi connectivity index (χ2v) is 5.47. The summed E-state index contributed by atoms with van der Waals surface area (Å²) in [6, 6.07) is 4.01. The van der Waals surface area contributed by atoms with Crippen LogP contribution in [-0.4, -0.2) is 24.8 Å².